The van der Waals surface area contributed by atoms with Crippen LogP contribution in [0.4, 0.5) is 0 Å². The molecule has 1 atom stereocenters. The van der Waals surface area contributed by atoms with E-state index in [4.69, 9.17) is 24.7 Å². The fourth-order valence-electron chi connectivity index (χ4n) is 7.30. The molecule has 0 bridgehead atoms. The van der Waals surface area contributed by atoms with Crippen molar-refractivity contribution in [2.45, 2.75) is 45.5 Å². The van der Waals surface area contributed by atoms with Gasteiger partial charge in [0.05, 0.1) is 19.7 Å². The molecule has 11 nitrogen and oxygen atoms in total. The first kappa shape index (κ1) is 56.2. The van der Waals surface area contributed by atoms with Crippen LogP contribution in [0.15, 0.2) is 164 Å². The van der Waals surface area contributed by atoms with Crippen molar-refractivity contribution in [3.05, 3.63) is 197 Å². The maximum Gasteiger partial charge on any atom is 0.236 e. The van der Waals surface area contributed by atoms with Crippen molar-refractivity contribution >= 4 is 20.2 Å². The molecule has 0 saturated carbocycles. The van der Waals surface area contributed by atoms with E-state index in [2.05, 4.69) is 83.0 Å². The number of benzene rings is 6. The standard InChI is InChI=1S/C24H32N2O3.C19H24N2O2.C15H17NO.B/c1-25(2)24(27)17-26(16-22-12-14-28-18-22)13-11-20-9-6-10-23(15-20)29-19-21-7-4-3-5-8-21;1-21(2)19(22)14-20-12-11-16-9-6-10-18(13-16)23-15-17-7-4-3-5-8-17;16-10-9-13-7-4-8-15(11-13)17-12-14-5-2-1-3-6-14;/h3-10,15,22H,11-14,16-19H2,1-2H3;3-10,13,20H,11-12,14-15H2,1-2H3;1-8,11H,9-10,12,16H2;. The summed E-state index contributed by atoms with van der Waals surface area (Å²) in [5.41, 5.74) is 12.7. The fourth-order valence-corrected chi connectivity index (χ4v) is 7.30. The van der Waals surface area contributed by atoms with Gasteiger partial charge >= 0.3 is 0 Å². The van der Waals surface area contributed by atoms with Gasteiger partial charge in [0.15, 0.2) is 0 Å². The summed E-state index contributed by atoms with van der Waals surface area (Å²) in [7, 11) is 7.15. The number of nitrogens with two attached hydrogens (primary N) is 1. The van der Waals surface area contributed by atoms with Crippen molar-refractivity contribution in [2.75, 3.05) is 80.7 Å². The molecule has 0 aromatic heterocycles. The second-order valence-corrected chi connectivity index (χ2v) is 17.5. The Morgan fingerprint density at radius 2 is 1.00 bits per heavy atom. The topological polar surface area (TPSA) is 119 Å². The van der Waals surface area contributed by atoms with E-state index < -0.39 is 0 Å². The summed E-state index contributed by atoms with van der Waals surface area (Å²) in [4.78, 5) is 29.2. The second-order valence-electron chi connectivity index (χ2n) is 17.5. The van der Waals surface area contributed by atoms with Gasteiger partial charge in [-0.15, -0.1) is 0 Å². The lowest BCUT2D eigenvalue weighted by Gasteiger charge is -2.26. The monoisotopic (exact) mass is 947 g/mol. The highest BCUT2D eigenvalue weighted by molar-refractivity contribution is 5.78. The largest absolute Gasteiger partial charge is 0.489 e. The zero-order valence-corrected chi connectivity index (χ0v) is 41.7. The molecule has 70 heavy (non-hydrogen) atoms. The van der Waals surface area contributed by atoms with Gasteiger partial charge in [-0.25, -0.2) is 0 Å². The van der Waals surface area contributed by atoms with Crippen LogP contribution < -0.4 is 25.3 Å². The van der Waals surface area contributed by atoms with Crippen molar-refractivity contribution < 1.29 is 28.5 Å². The first-order chi connectivity index (χ1) is 33.6. The fraction of sp³-hybridized carbons (Fsp3) is 0.345. The molecule has 1 aliphatic heterocycles. The Balaban J connectivity index is 0.000000235. The van der Waals surface area contributed by atoms with Crippen molar-refractivity contribution in [2.24, 2.45) is 11.7 Å². The van der Waals surface area contributed by atoms with E-state index in [0.29, 0.717) is 45.4 Å². The molecular formula is C58H73BN5O6. The minimum Gasteiger partial charge on any atom is -0.489 e. The normalized spacial score (nSPS) is 12.6. The Morgan fingerprint density at radius 1 is 0.571 bits per heavy atom. The molecule has 0 spiro atoms. The quantitative estimate of drug-likeness (QED) is 0.0486. The van der Waals surface area contributed by atoms with Crippen molar-refractivity contribution in [3.8, 4) is 17.2 Å². The van der Waals surface area contributed by atoms with Crippen molar-refractivity contribution in [3.63, 3.8) is 0 Å². The number of rotatable bonds is 23. The number of nitrogens with zero attached hydrogens (tertiary/aromatic N) is 3. The smallest absolute Gasteiger partial charge is 0.236 e. The van der Waals surface area contributed by atoms with E-state index in [1.54, 1.807) is 23.9 Å². The van der Waals surface area contributed by atoms with Gasteiger partial charge in [0, 0.05) is 56.3 Å². The Hall–Kier alpha value is -6.44. The Bertz CT molecular complexity index is 2350. The summed E-state index contributed by atoms with van der Waals surface area (Å²) in [6.45, 7) is 7.38. The molecule has 369 valence electrons. The van der Waals surface area contributed by atoms with E-state index in [0.717, 1.165) is 86.9 Å². The van der Waals surface area contributed by atoms with Gasteiger partial charge < -0.3 is 39.8 Å². The second kappa shape index (κ2) is 32.4. The molecule has 1 fully saturated rings. The van der Waals surface area contributed by atoms with Gasteiger partial charge in [-0.3, -0.25) is 14.5 Å². The van der Waals surface area contributed by atoms with Gasteiger partial charge in [-0.2, -0.15) is 0 Å². The van der Waals surface area contributed by atoms with Gasteiger partial charge in [-0.05, 0) is 114 Å². The average Bonchev–Trinajstić information content (AvgIpc) is 3.90. The number of nitrogens with one attached hydrogen (secondary N) is 1. The molecular weight excluding hydrogens is 873 g/mol. The van der Waals surface area contributed by atoms with Crippen LogP contribution in [-0.4, -0.2) is 116 Å². The average molecular weight is 947 g/mol. The molecule has 0 aliphatic carbocycles. The van der Waals surface area contributed by atoms with Crippen LogP contribution in [0.5, 0.6) is 17.2 Å². The third-order valence-corrected chi connectivity index (χ3v) is 11.4. The summed E-state index contributed by atoms with van der Waals surface area (Å²) < 4.78 is 23.0. The molecule has 6 aromatic carbocycles. The number of hydrogen-bond donors (Lipinski definition) is 2. The predicted octanol–water partition coefficient (Wildman–Crippen LogP) is 8.11. The third kappa shape index (κ3) is 22.3. The minimum absolute atomic E-state index is 0. The van der Waals surface area contributed by atoms with Gasteiger partial charge in [0.25, 0.3) is 0 Å². The minimum atomic E-state index is 0. The lowest BCUT2D eigenvalue weighted by molar-refractivity contribution is -0.130. The van der Waals surface area contributed by atoms with Crippen LogP contribution in [0.2, 0.25) is 0 Å². The molecule has 3 radical (unpaired) electrons. The lowest BCUT2D eigenvalue weighted by Crippen LogP contribution is -2.40. The molecule has 7 rings (SSSR count). The molecule has 1 heterocycles. The molecule has 1 saturated heterocycles. The van der Waals surface area contributed by atoms with Crippen LogP contribution in [0.3, 0.4) is 0 Å². The van der Waals surface area contributed by atoms with Crippen LogP contribution in [0, 0.1) is 5.92 Å². The van der Waals surface area contributed by atoms with Gasteiger partial charge in [0.1, 0.15) is 37.1 Å². The highest BCUT2D eigenvalue weighted by Gasteiger charge is 2.21. The highest BCUT2D eigenvalue weighted by atomic mass is 16.5. The first-order valence-electron chi connectivity index (χ1n) is 24.0. The van der Waals surface area contributed by atoms with Crippen LogP contribution >= 0.6 is 0 Å². The lowest BCUT2D eigenvalue weighted by atomic mass is 10.1. The summed E-state index contributed by atoms with van der Waals surface area (Å²) in [6, 6.07) is 54.9. The SMILES string of the molecule is CN(C)C(=O)CN(CCc1cccc(OCc2ccccc2)c1)CC1CCOC1.CN(C)C(=O)CNCCc1cccc(OCc2ccccc2)c1.NCCc1cccc(OCc2ccccc2)c1.[B]. The Labute approximate surface area is 419 Å². The maximum atomic E-state index is 12.2. The number of likely N-dealkylation sites (N-methyl/N-ethyl adjacent to an activating group) is 2. The maximum absolute atomic E-state index is 12.2. The van der Waals surface area contributed by atoms with Crippen LogP contribution in [-0.2, 0) is 53.4 Å². The summed E-state index contributed by atoms with van der Waals surface area (Å²) in [6.07, 6.45) is 3.72. The summed E-state index contributed by atoms with van der Waals surface area (Å²) >= 11 is 0. The third-order valence-electron chi connectivity index (χ3n) is 11.4. The van der Waals surface area contributed by atoms with Crippen LogP contribution in [0.1, 0.15) is 39.8 Å². The van der Waals surface area contributed by atoms with Gasteiger partial charge in [-0.1, -0.05) is 127 Å². The Kier molecular flexibility index (Phi) is 26.0. The summed E-state index contributed by atoms with van der Waals surface area (Å²) in [5.74, 6) is 3.40. The predicted molar refractivity (Wildman–Crippen MR) is 283 cm³/mol. The molecule has 12 heteroatoms. The number of carbonyl (C=O) groups is 2. The number of ether oxygens (including phenoxy) is 4. The number of amides is 2. The zero-order valence-electron chi connectivity index (χ0n) is 41.7. The first-order valence-corrected chi connectivity index (χ1v) is 24.0. The number of carbonyl (C=O) groups excluding carboxylic acids is 2. The van der Waals surface area contributed by atoms with Gasteiger partial charge in [0.2, 0.25) is 11.8 Å². The number of hydrogen-bond acceptors (Lipinski definition) is 9. The van der Waals surface area contributed by atoms with E-state index >= 15 is 0 Å². The van der Waals surface area contributed by atoms with Crippen molar-refractivity contribution in [1.29, 1.82) is 0 Å². The molecule has 6 aromatic rings. The van der Waals surface area contributed by atoms with E-state index in [1.165, 1.54) is 22.3 Å². The summed E-state index contributed by atoms with van der Waals surface area (Å²) in [5, 5.41) is 3.16. The highest BCUT2D eigenvalue weighted by Crippen LogP contribution is 2.19. The van der Waals surface area contributed by atoms with Crippen LogP contribution in [0.25, 0.3) is 0 Å². The molecule has 3 N–H and O–H groups in total. The molecule has 1 unspecified atom stereocenters. The zero-order chi connectivity index (χ0) is 48.9. The Morgan fingerprint density at radius 3 is 1.41 bits per heavy atom. The molecule has 2 amide bonds. The van der Waals surface area contributed by atoms with E-state index in [9.17, 15) is 9.59 Å². The van der Waals surface area contributed by atoms with Crippen molar-refractivity contribution in [1.82, 2.24) is 20.0 Å². The van der Waals surface area contributed by atoms with E-state index in [-0.39, 0.29) is 20.2 Å². The molecule has 1 aliphatic rings. The van der Waals surface area contributed by atoms with E-state index in [1.807, 2.05) is 105 Å².